The van der Waals surface area contributed by atoms with E-state index in [9.17, 15) is 14.4 Å². The fourth-order valence-corrected chi connectivity index (χ4v) is 5.40. The van der Waals surface area contributed by atoms with Crippen molar-refractivity contribution in [1.29, 1.82) is 0 Å². The SMILES string of the molecule is COc1cc(OC)c(OC)cc1/C=C(/NC(=O)c1ccccc1)C(=O)Nc1cccc(SC(C)C(=O)Nc2cc(C)ccc2C)c1. The minimum absolute atomic E-state index is 0.0290. The van der Waals surface area contributed by atoms with Crippen molar-refractivity contribution >= 4 is 46.9 Å². The van der Waals surface area contributed by atoms with Crippen LogP contribution in [0.25, 0.3) is 6.08 Å². The fourth-order valence-electron chi connectivity index (χ4n) is 4.47. The molecule has 238 valence electrons. The maximum absolute atomic E-state index is 13.7. The van der Waals surface area contributed by atoms with Crippen molar-refractivity contribution in [1.82, 2.24) is 5.32 Å². The average molecular weight is 640 g/mol. The summed E-state index contributed by atoms with van der Waals surface area (Å²) < 4.78 is 16.4. The average Bonchev–Trinajstić information content (AvgIpc) is 3.06. The molecule has 0 aliphatic carbocycles. The maximum atomic E-state index is 13.7. The summed E-state index contributed by atoms with van der Waals surface area (Å²) in [5.74, 6) is 0.110. The lowest BCUT2D eigenvalue weighted by Gasteiger charge is -2.16. The number of nitrogens with one attached hydrogen (secondary N) is 3. The number of amides is 3. The third-order valence-corrected chi connectivity index (χ3v) is 8.08. The molecule has 0 aliphatic rings. The van der Waals surface area contributed by atoms with Crippen molar-refractivity contribution in [3.8, 4) is 17.2 Å². The summed E-state index contributed by atoms with van der Waals surface area (Å²) in [6.07, 6.45) is 1.51. The Hall–Kier alpha value is -5.22. The van der Waals surface area contributed by atoms with E-state index in [1.807, 2.05) is 45.0 Å². The van der Waals surface area contributed by atoms with E-state index in [0.29, 0.717) is 34.1 Å². The fraction of sp³-hybridized carbons (Fsp3) is 0.194. The molecule has 3 amide bonds. The smallest absolute Gasteiger partial charge is 0.272 e. The summed E-state index contributed by atoms with van der Waals surface area (Å²) in [5.41, 5.74) is 4.13. The molecule has 0 saturated carbocycles. The largest absolute Gasteiger partial charge is 0.496 e. The second-order valence-electron chi connectivity index (χ2n) is 10.4. The Morgan fingerprint density at radius 3 is 2.15 bits per heavy atom. The van der Waals surface area contributed by atoms with Crippen molar-refractivity contribution < 1.29 is 28.6 Å². The first-order chi connectivity index (χ1) is 22.1. The van der Waals surface area contributed by atoms with E-state index in [4.69, 9.17) is 14.2 Å². The van der Waals surface area contributed by atoms with Crippen LogP contribution in [0.5, 0.6) is 17.2 Å². The van der Waals surface area contributed by atoms with Crippen LogP contribution in [0.3, 0.4) is 0 Å². The summed E-state index contributed by atoms with van der Waals surface area (Å²) in [6.45, 7) is 5.75. The molecule has 0 bridgehead atoms. The number of benzene rings is 4. The number of methoxy groups -OCH3 is 3. The molecule has 0 aliphatic heterocycles. The number of anilines is 2. The van der Waals surface area contributed by atoms with E-state index in [-0.39, 0.29) is 11.6 Å². The van der Waals surface area contributed by atoms with E-state index in [0.717, 1.165) is 21.7 Å². The van der Waals surface area contributed by atoms with Crippen LogP contribution in [-0.2, 0) is 9.59 Å². The lowest BCUT2D eigenvalue weighted by Crippen LogP contribution is -2.30. The molecule has 4 aromatic rings. The molecule has 4 aromatic carbocycles. The lowest BCUT2D eigenvalue weighted by molar-refractivity contribution is -0.115. The third-order valence-electron chi connectivity index (χ3n) is 6.99. The van der Waals surface area contributed by atoms with Crippen LogP contribution in [0.4, 0.5) is 11.4 Å². The second kappa shape index (κ2) is 15.7. The Morgan fingerprint density at radius 2 is 1.46 bits per heavy atom. The van der Waals surface area contributed by atoms with Gasteiger partial charge in [-0.15, -0.1) is 11.8 Å². The molecular formula is C36H37N3O6S. The van der Waals surface area contributed by atoms with Gasteiger partial charge in [-0.2, -0.15) is 0 Å². The molecule has 0 heterocycles. The molecule has 1 atom stereocenters. The monoisotopic (exact) mass is 639 g/mol. The van der Waals surface area contributed by atoms with Crippen LogP contribution in [0, 0.1) is 13.8 Å². The van der Waals surface area contributed by atoms with Gasteiger partial charge in [0, 0.05) is 33.5 Å². The summed E-state index contributed by atoms with van der Waals surface area (Å²) in [7, 11) is 4.51. The van der Waals surface area contributed by atoms with Gasteiger partial charge >= 0.3 is 0 Å². The molecule has 0 fully saturated rings. The van der Waals surface area contributed by atoms with E-state index in [2.05, 4.69) is 16.0 Å². The normalized spacial score (nSPS) is 11.7. The molecule has 1 unspecified atom stereocenters. The maximum Gasteiger partial charge on any atom is 0.272 e. The number of rotatable bonds is 12. The Kier molecular flexibility index (Phi) is 11.5. The summed E-state index contributed by atoms with van der Waals surface area (Å²) in [4.78, 5) is 40.6. The summed E-state index contributed by atoms with van der Waals surface area (Å²) in [6, 6.07) is 25.0. The molecule has 0 spiro atoms. The van der Waals surface area contributed by atoms with Gasteiger partial charge in [-0.1, -0.05) is 36.4 Å². The van der Waals surface area contributed by atoms with Crippen molar-refractivity contribution in [3.63, 3.8) is 0 Å². The second-order valence-corrected chi connectivity index (χ2v) is 11.8. The number of hydrogen-bond acceptors (Lipinski definition) is 7. The van der Waals surface area contributed by atoms with Crippen molar-refractivity contribution in [2.24, 2.45) is 0 Å². The Balaban J connectivity index is 1.58. The number of ether oxygens (including phenoxy) is 3. The van der Waals surface area contributed by atoms with Gasteiger partial charge in [0.1, 0.15) is 11.4 Å². The van der Waals surface area contributed by atoms with E-state index >= 15 is 0 Å². The molecule has 10 heteroatoms. The molecule has 0 radical (unpaired) electrons. The van der Waals surface area contributed by atoms with Crippen molar-refractivity contribution in [2.75, 3.05) is 32.0 Å². The number of carbonyl (C=O) groups is 3. The zero-order chi connectivity index (χ0) is 33.2. The quantitative estimate of drug-likeness (QED) is 0.115. The minimum Gasteiger partial charge on any atom is -0.496 e. The van der Waals surface area contributed by atoms with Gasteiger partial charge in [0.2, 0.25) is 5.91 Å². The minimum atomic E-state index is -0.566. The van der Waals surface area contributed by atoms with Gasteiger partial charge in [-0.25, -0.2) is 0 Å². The zero-order valence-corrected chi connectivity index (χ0v) is 27.4. The van der Waals surface area contributed by atoms with Gasteiger partial charge in [-0.05, 0) is 80.4 Å². The molecule has 46 heavy (non-hydrogen) atoms. The Bertz CT molecular complexity index is 1760. The predicted molar refractivity (Wildman–Crippen MR) is 183 cm³/mol. The molecule has 9 nitrogen and oxygen atoms in total. The van der Waals surface area contributed by atoms with Gasteiger partial charge in [0.15, 0.2) is 11.5 Å². The van der Waals surface area contributed by atoms with E-state index in [1.54, 1.807) is 60.7 Å². The molecular weight excluding hydrogens is 602 g/mol. The van der Waals surface area contributed by atoms with Gasteiger partial charge < -0.3 is 30.2 Å². The van der Waals surface area contributed by atoms with Gasteiger partial charge in [-0.3, -0.25) is 14.4 Å². The van der Waals surface area contributed by atoms with Crippen LogP contribution < -0.4 is 30.2 Å². The van der Waals surface area contributed by atoms with Crippen molar-refractivity contribution in [3.05, 3.63) is 113 Å². The van der Waals surface area contributed by atoms with E-state index in [1.165, 1.54) is 39.2 Å². The first-order valence-electron chi connectivity index (χ1n) is 14.5. The molecule has 0 saturated heterocycles. The number of aryl methyl sites for hydroxylation is 2. The van der Waals surface area contributed by atoms with E-state index < -0.39 is 17.1 Å². The summed E-state index contributed by atoms with van der Waals surface area (Å²) in [5, 5.41) is 8.20. The van der Waals surface area contributed by atoms with Crippen molar-refractivity contribution in [2.45, 2.75) is 30.9 Å². The number of hydrogen-bond donors (Lipinski definition) is 3. The Morgan fingerprint density at radius 1 is 0.761 bits per heavy atom. The van der Waals surface area contributed by atoms with Crippen LogP contribution in [-0.4, -0.2) is 44.3 Å². The standard InChI is InChI=1S/C36H37N3O6S/c1-22-15-16-23(2)29(17-22)38-34(40)24(3)46-28-14-10-13-27(20-28)37-36(42)30(39-35(41)25-11-8-7-9-12-25)18-26-19-32(44-5)33(45-6)21-31(26)43-4/h7-21,24H,1-6H3,(H,37,42)(H,38,40)(H,39,41)/b30-18+. The van der Waals surface area contributed by atoms with Crippen LogP contribution >= 0.6 is 11.8 Å². The highest BCUT2D eigenvalue weighted by atomic mass is 32.2. The molecule has 3 N–H and O–H groups in total. The molecule has 4 rings (SSSR count). The first kappa shape index (κ1) is 33.7. The van der Waals surface area contributed by atoms with Gasteiger partial charge in [0.25, 0.3) is 11.8 Å². The highest BCUT2D eigenvalue weighted by Crippen LogP contribution is 2.36. The third kappa shape index (κ3) is 8.70. The number of carbonyl (C=O) groups excluding carboxylic acids is 3. The predicted octanol–water partition coefficient (Wildman–Crippen LogP) is 6.86. The Labute approximate surface area is 273 Å². The van der Waals surface area contributed by atoms with Crippen LogP contribution in [0.2, 0.25) is 0 Å². The highest BCUT2D eigenvalue weighted by Gasteiger charge is 2.19. The molecule has 0 aromatic heterocycles. The number of thioether (sulfide) groups is 1. The summed E-state index contributed by atoms with van der Waals surface area (Å²) >= 11 is 1.36. The highest BCUT2D eigenvalue weighted by molar-refractivity contribution is 8.00. The van der Waals surface area contributed by atoms with Crippen LogP contribution in [0.1, 0.15) is 34.0 Å². The zero-order valence-electron chi connectivity index (χ0n) is 26.6. The van der Waals surface area contributed by atoms with Crippen LogP contribution in [0.15, 0.2) is 95.5 Å². The van der Waals surface area contributed by atoms with Gasteiger partial charge in [0.05, 0.1) is 26.6 Å². The first-order valence-corrected chi connectivity index (χ1v) is 15.3. The lowest BCUT2D eigenvalue weighted by atomic mass is 10.1. The topological polar surface area (TPSA) is 115 Å².